The van der Waals surface area contributed by atoms with Crippen LogP contribution in [0.5, 0.6) is 0 Å². The van der Waals surface area contributed by atoms with Crippen molar-refractivity contribution in [2.45, 2.75) is 51.6 Å². The van der Waals surface area contributed by atoms with Gasteiger partial charge in [0, 0.05) is 62.3 Å². The van der Waals surface area contributed by atoms with Crippen LogP contribution in [0, 0.1) is 5.92 Å². The molecule has 1 saturated heterocycles. The number of piperazine rings is 1. The van der Waals surface area contributed by atoms with E-state index in [1.165, 1.54) is 32.1 Å². The maximum atomic E-state index is 14.2. The molecule has 7 heteroatoms. The van der Waals surface area contributed by atoms with Gasteiger partial charge in [0.1, 0.15) is 0 Å². The molecular formula is C32H41N5OS. The lowest BCUT2D eigenvalue weighted by Crippen LogP contribution is -2.47. The molecule has 0 radical (unpaired) electrons. The molecule has 1 aliphatic carbocycles. The number of pyridine rings is 1. The maximum Gasteiger partial charge on any atom is 0.252 e. The molecular weight excluding hydrogens is 502 g/mol. The summed E-state index contributed by atoms with van der Waals surface area (Å²) in [6.07, 6.45) is 8.32. The number of fused-ring (bicyclic) bond motifs is 1. The summed E-state index contributed by atoms with van der Waals surface area (Å²) in [4.78, 5) is 28.6. The Morgan fingerprint density at radius 1 is 1.03 bits per heavy atom. The first-order valence-corrected chi connectivity index (χ1v) is 15.6. The van der Waals surface area contributed by atoms with Crippen LogP contribution in [-0.2, 0) is 6.54 Å². The number of rotatable bonds is 6. The van der Waals surface area contributed by atoms with Crippen molar-refractivity contribution >= 4 is 33.7 Å². The Hall–Kier alpha value is -2.90. The van der Waals surface area contributed by atoms with E-state index in [1.54, 1.807) is 11.8 Å². The normalized spacial score (nSPS) is 18.3. The van der Waals surface area contributed by atoms with Crippen LogP contribution in [0.3, 0.4) is 0 Å². The summed E-state index contributed by atoms with van der Waals surface area (Å²) in [5, 5.41) is 5.46. The first-order chi connectivity index (χ1) is 19.1. The minimum Gasteiger partial charge on any atom is -0.349 e. The summed E-state index contributed by atoms with van der Waals surface area (Å²) in [6.45, 7) is 6.56. The Morgan fingerprint density at radius 2 is 1.72 bits per heavy atom. The predicted molar refractivity (Wildman–Crippen MR) is 164 cm³/mol. The highest BCUT2D eigenvalue weighted by atomic mass is 32.2. The third-order valence-corrected chi connectivity index (χ3v) is 9.19. The number of nitrogens with zero attached hydrogens (tertiary/aromatic N) is 4. The van der Waals surface area contributed by atoms with E-state index in [0.29, 0.717) is 12.5 Å². The van der Waals surface area contributed by atoms with E-state index >= 15 is 0 Å². The van der Waals surface area contributed by atoms with Crippen molar-refractivity contribution in [3.05, 3.63) is 65.7 Å². The van der Waals surface area contributed by atoms with Gasteiger partial charge in [0.25, 0.3) is 5.91 Å². The summed E-state index contributed by atoms with van der Waals surface area (Å²) in [5.41, 5.74) is 4.63. The molecule has 1 atom stereocenters. The average molecular weight is 544 g/mol. The van der Waals surface area contributed by atoms with Crippen LogP contribution < -0.4 is 5.32 Å². The summed E-state index contributed by atoms with van der Waals surface area (Å²) in [7, 11) is 1.87. The second-order valence-corrected chi connectivity index (χ2v) is 11.6. The molecule has 2 aromatic carbocycles. The standard InChI is InChI=1S/C32H41N5OS/c1-23(24-12-6-4-7-13-24)34-31(38)29-26-16-10-11-17-28(26)35-30(25-14-8-5-9-15-25)27(29)22-36-18-20-37(21-19-36)32(33-2)39-3/h5,8-11,14-17,23-24H,4,6-7,12-13,18-22H2,1-3H3,(H,34,38)/t23-/m0/s1. The van der Waals surface area contributed by atoms with Crippen molar-refractivity contribution in [2.24, 2.45) is 10.9 Å². The van der Waals surface area contributed by atoms with Gasteiger partial charge in [-0.15, -0.1) is 0 Å². The zero-order valence-corrected chi connectivity index (χ0v) is 24.3. The van der Waals surface area contributed by atoms with E-state index < -0.39 is 0 Å². The number of aliphatic imine (C=N–C) groups is 1. The Kier molecular flexibility index (Phi) is 9.20. The fourth-order valence-electron chi connectivity index (χ4n) is 6.21. The monoisotopic (exact) mass is 543 g/mol. The van der Waals surface area contributed by atoms with Crippen molar-refractivity contribution in [1.82, 2.24) is 20.1 Å². The number of benzene rings is 2. The number of amidine groups is 1. The molecule has 1 aromatic heterocycles. The van der Waals surface area contributed by atoms with Crippen molar-refractivity contribution in [3.63, 3.8) is 0 Å². The number of carbonyl (C=O) groups is 1. The second-order valence-electron chi connectivity index (χ2n) is 10.8. The first-order valence-electron chi connectivity index (χ1n) is 14.3. The summed E-state index contributed by atoms with van der Waals surface area (Å²) in [6, 6.07) is 18.6. The fourth-order valence-corrected chi connectivity index (χ4v) is 6.84. The zero-order valence-electron chi connectivity index (χ0n) is 23.5. The molecule has 6 nitrogen and oxygen atoms in total. The number of carbonyl (C=O) groups excluding carboxylic acids is 1. The van der Waals surface area contributed by atoms with Crippen LogP contribution in [0.1, 0.15) is 54.9 Å². The lowest BCUT2D eigenvalue weighted by Gasteiger charge is -2.36. The van der Waals surface area contributed by atoms with Crippen molar-refractivity contribution in [3.8, 4) is 11.3 Å². The molecule has 206 valence electrons. The quantitative estimate of drug-likeness (QED) is 0.302. The Bertz CT molecular complexity index is 1300. The van der Waals surface area contributed by atoms with E-state index in [4.69, 9.17) is 4.98 Å². The van der Waals surface area contributed by atoms with E-state index in [-0.39, 0.29) is 11.9 Å². The van der Waals surface area contributed by atoms with Crippen LogP contribution >= 0.6 is 11.8 Å². The van der Waals surface area contributed by atoms with Gasteiger partial charge in [-0.1, -0.05) is 79.6 Å². The molecule has 0 spiro atoms. The lowest BCUT2D eigenvalue weighted by molar-refractivity contribution is 0.0918. The molecule has 2 heterocycles. The summed E-state index contributed by atoms with van der Waals surface area (Å²) < 4.78 is 0. The van der Waals surface area contributed by atoms with Crippen LogP contribution in [0.2, 0.25) is 0 Å². The van der Waals surface area contributed by atoms with Crippen LogP contribution in [0.25, 0.3) is 22.2 Å². The Balaban J connectivity index is 1.52. The highest BCUT2D eigenvalue weighted by molar-refractivity contribution is 8.13. The molecule has 3 aromatic rings. The van der Waals surface area contributed by atoms with Gasteiger partial charge in [-0.2, -0.15) is 0 Å². The first kappa shape index (κ1) is 27.7. The topological polar surface area (TPSA) is 60.8 Å². The van der Waals surface area contributed by atoms with Gasteiger partial charge >= 0.3 is 0 Å². The Morgan fingerprint density at radius 3 is 2.41 bits per heavy atom. The number of thioether (sulfide) groups is 1. The van der Waals surface area contributed by atoms with Crippen molar-refractivity contribution < 1.29 is 4.79 Å². The molecule has 2 aliphatic rings. The van der Waals surface area contributed by atoms with Gasteiger partial charge in [0.15, 0.2) is 5.17 Å². The van der Waals surface area contributed by atoms with E-state index in [1.807, 2.05) is 43.4 Å². The number of hydrogen-bond donors (Lipinski definition) is 1. The van der Waals surface area contributed by atoms with Gasteiger partial charge in [-0.05, 0) is 38.0 Å². The highest BCUT2D eigenvalue weighted by Crippen LogP contribution is 2.33. The Labute approximate surface area is 237 Å². The lowest BCUT2D eigenvalue weighted by atomic mass is 9.84. The molecule has 0 bridgehead atoms. The molecule has 1 aliphatic heterocycles. The molecule has 1 saturated carbocycles. The highest BCUT2D eigenvalue weighted by Gasteiger charge is 2.28. The molecule has 1 amide bonds. The second kappa shape index (κ2) is 13.0. The van der Waals surface area contributed by atoms with E-state index in [2.05, 4.69) is 51.5 Å². The fraction of sp³-hybridized carbons (Fsp3) is 0.469. The van der Waals surface area contributed by atoms with Crippen LogP contribution in [0.4, 0.5) is 0 Å². The van der Waals surface area contributed by atoms with Crippen LogP contribution in [0.15, 0.2) is 59.6 Å². The van der Waals surface area contributed by atoms with Gasteiger partial charge in [0.05, 0.1) is 16.8 Å². The smallest absolute Gasteiger partial charge is 0.252 e. The number of aromatic nitrogens is 1. The molecule has 5 rings (SSSR count). The van der Waals surface area contributed by atoms with Gasteiger partial charge in [-0.3, -0.25) is 14.7 Å². The van der Waals surface area contributed by atoms with Gasteiger partial charge in [-0.25, -0.2) is 4.98 Å². The number of nitrogens with one attached hydrogen (secondary N) is 1. The van der Waals surface area contributed by atoms with E-state index in [0.717, 1.165) is 64.6 Å². The van der Waals surface area contributed by atoms with Gasteiger partial charge < -0.3 is 10.2 Å². The molecule has 39 heavy (non-hydrogen) atoms. The predicted octanol–water partition coefficient (Wildman–Crippen LogP) is 6.07. The number of hydrogen-bond acceptors (Lipinski definition) is 5. The SMILES string of the molecule is CN=C(SC)N1CCN(Cc2c(-c3ccccc3)nc3ccccc3c2C(=O)N[C@@H](C)C2CCCCC2)CC1. The maximum absolute atomic E-state index is 14.2. The van der Waals surface area contributed by atoms with E-state index in [9.17, 15) is 4.79 Å². The van der Waals surface area contributed by atoms with Crippen molar-refractivity contribution in [1.29, 1.82) is 0 Å². The minimum absolute atomic E-state index is 0.0280. The zero-order chi connectivity index (χ0) is 27.2. The van der Waals surface area contributed by atoms with Gasteiger partial charge in [0.2, 0.25) is 0 Å². The molecule has 2 fully saturated rings. The summed E-state index contributed by atoms with van der Waals surface area (Å²) >= 11 is 1.70. The summed E-state index contributed by atoms with van der Waals surface area (Å²) in [5.74, 6) is 0.576. The number of para-hydroxylation sites is 1. The molecule has 1 N–H and O–H groups in total. The third-order valence-electron chi connectivity index (χ3n) is 8.38. The molecule has 0 unspecified atom stereocenters. The average Bonchev–Trinajstić information content (AvgIpc) is 2.99. The number of amides is 1. The third kappa shape index (κ3) is 6.30. The largest absolute Gasteiger partial charge is 0.349 e. The van der Waals surface area contributed by atoms with Crippen LogP contribution in [-0.4, -0.2) is 71.4 Å². The minimum atomic E-state index is 0.0280. The van der Waals surface area contributed by atoms with Crippen molar-refractivity contribution in [2.75, 3.05) is 39.5 Å².